The van der Waals surface area contributed by atoms with Gasteiger partial charge in [-0.2, -0.15) is 0 Å². The lowest BCUT2D eigenvalue weighted by Crippen LogP contribution is -2.45. The van der Waals surface area contributed by atoms with Crippen molar-refractivity contribution in [2.24, 2.45) is 5.41 Å². The number of methoxy groups -OCH3 is 1. The third kappa shape index (κ3) is 10.8. The fraction of sp³-hybridized carbons (Fsp3) is 0.741. The molecule has 0 aromatic carbocycles. The Bertz CT molecular complexity index is 842. The maximum atomic E-state index is 13.3. The molecule has 0 aliphatic carbocycles. The molecule has 1 aromatic rings. The van der Waals surface area contributed by atoms with Gasteiger partial charge in [0.05, 0.1) is 6.10 Å². The van der Waals surface area contributed by atoms with Crippen LogP contribution in [0.1, 0.15) is 71.1 Å². The minimum atomic E-state index is -1.06. The number of nitrogens with zero attached hydrogens (tertiary/aromatic N) is 2. The monoisotopic (exact) mass is 508 g/mol. The number of amides is 1. The number of alkyl halides is 1. The van der Waals surface area contributed by atoms with Crippen LogP contribution >= 0.6 is 0 Å². The Morgan fingerprint density at radius 2 is 2.06 bits per heavy atom. The molecule has 0 spiro atoms. The van der Waals surface area contributed by atoms with E-state index >= 15 is 0 Å². The van der Waals surface area contributed by atoms with Gasteiger partial charge in [-0.25, -0.2) is 14.2 Å². The zero-order valence-electron chi connectivity index (χ0n) is 22.6. The first-order valence-electron chi connectivity index (χ1n) is 13.1. The Morgan fingerprint density at radius 3 is 2.69 bits per heavy atom. The first-order valence-corrected chi connectivity index (χ1v) is 13.1. The van der Waals surface area contributed by atoms with Crippen molar-refractivity contribution >= 4 is 17.7 Å². The number of aromatic nitrogens is 1. The molecule has 1 aromatic heterocycles. The molecule has 0 saturated carbocycles. The van der Waals surface area contributed by atoms with E-state index in [4.69, 9.17) is 9.72 Å². The van der Waals surface area contributed by atoms with Crippen LogP contribution in [0.25, 0.3) is 0 Å². The summed E-state index contributed by atoms with van der Waals surface area (Å²) in [5.41, 5.74) is 2.09. The second kappa shape index (κ2) is 14.5. The van der Waals surface area contributed by atoms with Crippen molar-refractivity contribution in [2.75, 3.05) is 38.7 Å². The Labute approximate surface area is 215 Å². The quantitative estimate of drug-likeness (QED) is 0.309. The molecule has 0 saturated heterocycles. The molecule has 8 nitrogen and oxygen atoms in total. The Hall–Kier alpha value is -2.26. The highest BCUT2D eigenvalue weighted by Gasteiger charge is 2.24. The molecule has 2 heterocycles. The molecule has 0 bridgehead atoms. The fourth-order valence-electron chi connectivity index (χ4n) is 4.38. The highest BCUT2D eigenvalue weighted by Crippen LogP contribution is 2.23. The molecule has 1 aliphatic heterocycles. The van der Waals surface area contributed by atoms with Crippen LogP contribution in [-0.2, 0) is 27.2 Å². The number of carbonyl (C=O) groups excluding carboxylic acids is 1. The number of nitrogens with one attached hydrogen (secondary N) is 2. The van der Waals surface area contributed by atoms with E-state index in [1.807, 2.05) is 25.7 Å². The highest BCUT2D eigenvalue weighted by atomic mass is 19.1. The number of aryl methyl sites for hydroxylation is 2. The van der Waals surface area contributed by atoms with Gasteiger partial charge < -0.3 is 25.4 Å². The van der Waals surface area contributed by atoms with Crippen molar-refractivity contribution in [2.45, 2.75) is 90.8 Å². The average Bonchev–Trinajstić information content (AvgIpc) is 2.80. The SMILES string of the molecule is COC(CF)CN(CCCCc1ccc2c(n1)NC(C)CC2)CCC(NC(=O)CC(C)(C)C)C(=O)O. The lowest BCUT2D eigenvalue weighted by Gasteiger charge is -2.27. The molecule has 1 aliphatic rings. The molecule has 204 valence electrons. The van der Waals surface area contributed by atoms with Gasteiger partial charge in [-0.1, -0.05) is 26.8 Å². The van der Waals surface area contributed by atoms with E-state index in [1.165, 1.54) is 12.7 Å². The number of halogens is 1. The molecule has 9 heteroatoms. The number of hydrogen-bond donors (Lipinski definition) is 3. The summed E-state index contributed by atoms with van der Waals surface area (Å²) >= 11 is 0. The second-order valence-electron chi connectivity index (χ2n) is 11.1. The molecular formula is C27H45FN4O4. The van der Waals surface area contributed by atoms with Crippen molar-refractivity contribution in [1.29, 1.82) is 0 Å². The summed E-state index contributed by atoms with van der Waals surface area (Å²) in [7, 11) is 1.48. The third-order valence-corrected chi connectivity index (χ3v) is 6.45. The van der Waals surface area contributed by atoms with Gasteiger partial charge in [0.25, 0.3) is 0 Å². The molecule has 3 N–H and O–H groups in total. The highest BCUT2D eigenvalue weighted by molar-refractivity contribution is 5.83. The number of unbranched alkanes of at least 4 members (excludes halogenated alkanes) is 1. The van der Waals surface area contributed by atoms with Crippen molar-refractivity contribution in [3.63, 3.8) is 0 Å². The van der Waals surface area contributed by atoms with Gasteiger partial charge in [-0.15, -0.1) is 0 Å². The number of pyridine rings is 1. The number of carboxylic acids is 1. The first kappa shape index (κ1) is 30.0. The number of aliphatic carboxylic acids is 1. The summed E-state index contributed by atoms with van der Waals surface area (Å²) in [6.45, 7) is 8.83. The van der Waals surface area contributed by atoms with Crippen LogP contribution in [0.3, 0.4) is 0 Å². The number of carboxylic acid groups (broad SMARTS) is 1. The molecule has 3 atom stereocenters. The summed E-state index contributed by atoms with van der Waals surface area (Å²) < 4.78 is 18.6. The Morgan fingerprint density at radius 1 is 1.31 bits per heavy atom. The van der Waals surface area contributed by atoms with Crippen molar-refractivity contribution in [3.8, 4) is 0 Å². The van der Waals surface area contributed by atoms with Gasteiger partial charge in [0.15, 0.2) is 0 Å². The molecule has 2 rings (SSSR count). The lowest BCUT2D eigenvalue weighted by atomic mass is 9.92. The lowest BCUT2D eigenvalue weighted by molar-refractivity contribution is -0.142. The second-order valence-corrected chi connectivity index (χ2v) is 11.1. The predicted octanol–water partition coefficient (Wildman–Crippen LogP) is 3.83. The largest absolute Gasteiger partial charge is 0.480 e. The summed E-state index contributed by atoms with van der Waals surface area (Å²) in [4.78, 5) is 30.8. The average molecular weight is 509 g/mol. The zero-order chi connectivity index (χ0) is 26.7. The summed E-state index contributed by atoms with van der Waals surface area (Å²) in [6.07, 6.45) is 4.70. The van der Waals surface area contributed by atoms with Gasteiger partial charge >= 0.3 is 5.97 Å². The molecule has 36 heavy (non-hydrogen) atoms. The zero-order valence-corrected chi connectivity index (χ0v) is 22.6. The summed E-state index contributed by atoms with van der Waals surface area (Å²) in [6, 6.07) is 3.71. The van der Waals surface area contributed by atoms with E-state index in [0.717, 1.165) is 43.6 Å². The maximum Gasteiger partial charge on any atom is 0.326 e. The van der Waals surface area contributed by atoms with Crippen LogP contribution < -0.4 is 10.6 Å². The summed E-state index contributed by atoms with van der Waals surface area (Å²) in [5, 5.41) is 15.7. The number of ether oxygens (including phenoxy) is 1. The van der Waals surface area contributed by atoms with Crippen LogP contribution in [-0.4, -0.2) is 78.5 Å². The van der Waals surface area contributed by atoms with E-state index < -0.39 is 24.8 Å². The van der Waals surface area contributed by atoms with Gasteiger partial charge in [0.2, 0.25) is 5.91 Å². The number of fused-ring (bicyclic) bond motifs is 1. The van der Waals surface area contributed by atoms with Gasteiger partial charge in [0.1, 0.15) is 18.5 Å². The normalized spacial score (nSPS) is 17.2. The topological polar surface area (TPSA) is 104 Å². The van der Waals surface area contributed by atoms with E-state index in [-0.39, 0.29) is 24.2 Å². The Kier molecular flexibility index (Phi) is 12.0. The van der Waals surface area contributed by atoms with Gasteiger partial charge in [-0.3, -0.25) is 4.79 Å². The number of carbonyl (C=O) groups is 2. The molecular weight excluding hydrogens is 463 g/mol. The molecule has 0 radical (unpaired) electrons. The first-order chi connectivity index (χ1) is 17.0. The van der Waals surface area contributed by atoms with E-state index in [2.05, 4.69) is 29.7 Å². The smallest absolute Gasteiger partial charge is 0.326 e. The van der Waals surface area contributed by atoms with Crippen LogP contribution in [0.4, 0.5) is 10.2 Å². The number of anilines is 1. The van der Waals surface area contributed by atoms with Crippen LogP contribution in [0.5, 0.6) is 0 Å². The summed E-state index contributed by atoms with van der Waals surface area (Å²) in [5.74, 6) is -0.346. The number of rotatable bonds is 15. The third-order valence-electron chi connectivity index (χ3n) is 6.45. The van der Waals surface area contributed by atoms with Crippen LogP contribution in [0.2, 0.25) is 0 Å². The minimum Gasteiger partial charge on any atom is -0.480 e. The van der Waals surface area contributed by atoms with Crippen molar-refractivity contribution in [3.05, 3.63) is 23.4 Å². The number of hydrogen-bond acceptors (Lipinski definition) is 6. The van der Waals surface area contributed by atoms with Crippen molar-refractivity contribution < 1.29 is 23.8 Å². The Balaban J connectivity index is 1.89. The van der Waals surface area contributed by atoms with E-state index in [9.17, 15) is 19.1 Å². The predicted molar refractivity (Wildman–Crippen MR) is 140 cm³/mol. The van der Waals surface area contributed by atoms with E-state index in [0.29, 0.717) is 25.7 Å². The molecule has 0 fully saturated rings. The fourth-order valence-corrected chi connectivity index (χ4v) is 4.38. The van der Waals surface area contributed by atoms with Crippen molar-refractivity contribution in [1.82, 2.24) is 15.2 Å². The molecule has 3 unspecified atom stereocenters. The van der Waals surface area contributed by atoms with Gasteiger partial charge in [0, 0.05) is 38.4 Å². The minimum absolute atomic E-state index is 0.229. The standard InChI is InChI=1S/C27H45FN4O4/c1-19-9-10-20-11-12-21(30-25(20)29-19)8-6-7-14-32(18-22(17-28)36-5)15-13-23(26(34)35)31-24(33)16-27(2,3)4/h11-12,19,22-23H,6-10,13-18H2,1-5H3,(H,29,30)(H,31,33)(H,34,35). The molecule has 1 amide bonds. The van der Waals surface area contributed by atoms with E-state index in [1.54, 1.807) is 0 Å². The van der Waals surface area contributed by atoms with Crippen LogP contribution in [0, 0.1) is 5.41 Å². The van der Waals surface area contributed by atoms with Gasteiger partial charge in [-0.05, 0) is 69.0 Å². The maximum absolute atomic E-state index is 13.3. The van der Waals surface area contributed by atoms with Crippen LogP contribution in [0.15, 0.2) is 12.1 Å².